The van der Waals surface area contributed by atoms with Crippen molar-refractivity contribution in [3.8, 4) is 12.3 Å². The van der Waals surface area contributed by atoms with Gasteiger partial charge in [-0.3, -0.25) is 4.79 Å². The number of carbonyl (C=O) groups is 1. The van der Waals surface area contributed by atoms with Crippen molar-refractivity contribution in [2.75, 3.05) is 13.1 Å². The minimum atomic E-state index is -0.00806. The molecule has 3 heteroatoms. The molecule has 0 atom stereocenters. The molecule has 0 bridgehead atoms. The van der Waals surface area contributed by atoms with Crippen LogP contribution in [0.2, 0.25) is 0 Å². The quantitative estimate of drug-likeness (QED) is 0.819. The van der Waals surface area contributed by atoms with Crippen LogP contribution < -0.4 is 0 Å². The summed E-state index contributed by atoms with van der Waals surface area (Å²) in [6.07, 6.45) is 8.07. The summed E-state index contributed by atoms with van der Waals surface area (Å²) in [7, 11) is 0. The van der Waals surface area contributed by atoms with Crippen molar-refractivity contribution in [3.63, 3.8) is 0 Å². The molecule has 0 aliphatic heterocycles. The second-order valence-corrected chi connectivity index (χ2v) is 4.21. The maximum atomic E-state index is 12.3. The average Bonchev–Trinajstić information content (AvgIpc) is 2.84. The Morgan fingerprint density at radius 2 is 2.28 bits per heavy atom. The van der Waals surface area contributed by atoms with Crippen LogP contribution in [0, 0.1) is 12.3 Å². The Kier molecular flexibility index (Phi) is 3.69. The van der Waals surface area contributed by atoms with Gasteiger partial charge in [0.1, 0.15) is 0 Å². The predicted octanol–water partition coefficient (Wildman–Crippen LogP) is 2.65. The van der Waals surface area contributed by atoms with Crippen LogP contribution in [0.5, 0.6) is 0 Å². The highest BCUT2D eigenvalue weighted by atomic mass is 16.2. The first kappa shape index (κ1) is 12.3. The molecule has 18 heavy (non-hydrogen) atoms. The zero-order chi connectivity index (χ0) is 13.0. The zero-order valence-electron chi connectivity index (χ0n) is 10.4. The zero-order valence-corrected chi connectivity index (χ0v) is 10.4. The maximum Gasteiger partial charge on any atom is 0.254 e. The van der Waals surface area contributed by atoms with Crippen LogP contribution >= 0.6 is 0 Å². The smallest absolute Gasteiger partial charge is 0.254 e. The number of benzene rings is 1. The fourth-order valence-electron chi connectivity index (χ4n) is 2.00. The standard InChI is InChI=1S/C15H16N2O/c1-3-9-17(10-4-2)15(18)13-6-5-12-7-8-16-14(12)11-13/h1,5-8,11,16H,4,9-10H2,2H3. The molecule has 0 unspecified atom stereocenters. The van der Waals surface area contributed by atoms with Crippen molar-refractivity contribution >= 4 is 16.8 Å². The van der Waals surface area contributed by atoms with Gasteiger partial charge in [-0.2, -0.15) is 0 Å². The number of aromatic nitrogens is 1. The summed E-state index contributed by atoms with van der Waals surface area (Å²) in [5, 5.41) is 1.10. The number of nitrogens with zero attached hydrogens (tertiary/aromatic N) is 1. The third kappa shape index (κ3) is 2.38. The van der Waals surface area contributed by atoms with E-state index in [0.29, 0.717) is 18.7 Å². The molecule has 3 nitrogen and oxygen atoms in total. The highest BCUT2D eigenvalue weighted by molar-refractivity contribution is 5.98. The third-order valence-corrected chi connectivity index (χ3v) is 2.86. The van der Waals surface area contributed by atoms with Gasteiger partial charge in [-0.15, -0.1) is 6.42 Å². The Labute approximate surface area is 107 Å². The molecule has 2 rings (SSSR count). The summed E-state index contributed by atoms with van der Waals surface area (Å²) in [6.45, 7) is 3.08. The summed E-state index contributed by atoms with van der Waals surface area (Å²) < 4.78 is 0. The topological polar surface area (TPSA) is 36.1 Å². The molecule has 2 aromatic rings. The molecule has 1 amide bonds. The molecule has 0 aliphatic rings. The highest BCUT2D eigenvalue weighted by Crippen LogP contribution is 2.15. The van der Waals surface area contributed by atoms with Crippen molar-refractivity contribution in [2.45, 2.75) is 13.3 Å². The van der Waals surface area contributed by atoms with E-state index in [1.165, 1.54) is 0 Å². The summed E-state index contributed by atoms with van der Waals surface area (Å²) in [4.78, 5) is 17.1. The Hall–Kier alpha value is -2.21. The molecule has 0 aliphatic carbocycles. The molecule has 92 valence electrons. The lowest BCUT2D eigenvalue weighted by Gasteiger charge is -2.19. The molecule has 0 saturated carbocycles. The van der Waals surface area contributed by atoms with Gasteiger partial charge in [0, 0.05) is 23.8 Å². The van der Waals surface area contributed by atoms with E-state index in [4.69, 9.17) is 6.42 Å². The molecular formula is C15H16N2O. The minimum Gasteiger partial charge on any atom is -0.361 e. The van der Waals surface area contributed by atoms with Crippen LogP contribution in [0.1, 0.15) is 23.7 Å². The summed E-state index contributed by atoms with van der Waals surface area (Å²) >= 11 is 0. The third-order valence-electron chi connectivity index (χ3n) is 2.86. The van der Waals surface area contributed by atoms with Gasteiger partial charge in [-0.05, 0) is 30.0 Å². The number of rotatable bonds is 4. The van der Waals surface area contributed by atoms with Crippen molar-refractivity contribution in [3.05, 3.63) is 36.0 Å². The molecule has 0 spiro atoms. The van der Waals surface area contributed by atoms with E-state index in [1.807, 2.05) is 37.4 Å². The number of nitrogens with one attached hydrogen (secondary N) is 1. The first-order valence-corrected chi connectivity index (χ1v) is 6.06. The van der Waals surface area contributed by atoms with Crippen LogP contribution in [-0.4, -0.2) is 28.9 Å². The molecule has 0 fully saturated rings. The minimum absolute atomic E-state index is 0.00806. The van der Waals surface area contributed by atoms with Crippen molar-refractivity contribution < 1.29 is 4.79 Å². The van der Waals surface area contributed by atoms with E-state index >= 15 is 0 Å². The van der Waals surface area contributed by atoms with E-state index in [-0.39, 0.29) is 5.91 Å². The molecule has 1 aromatic heterocycles. The van der Waals surface area contributed by atoms with Gasteiger partial charge in [0.05, 0.1) is 6.54 Å². The first-order valence-electron chi connectivity index (χ1n) is 6.06. The van der Waals surface area contributed by atoms with Crippen molar-refractivity contribution in [1.29, 1.82) is 0 Å². The largest absolute Gasteiger partial charge is 0.361 e. The van der Waals surface area contributed by atoms with Gasteiger partial charge in [0.2, 0.25) is 0 Å². The SMILES string of the molecule is C#CCN(CCC)C(=O)c1ccc2cc[nH]c2c1. The number of hydrogen-bond acceptors (Lipinski definition) is 1. The lowest BCUT2D eigenvalue weighted by atomic mass is 10.1. The Morgan fingerprint density at radius 1 is 1.44 bits per heavy atom. The van der Waals surface area contributed by atoms with Crippen LogP contribution in [0.3, 0.4) is 0 Å². The molecule has 0 radical (unpaired) electrons. The monoisotopic (exact) mass is 240 g/mol. The van der Waals surface area contributed by atoms with Crippen LogP contribution in [0.4, 0.5) is 0 Å². The van der Waals surface area contributed by atoms with E-state index in [9.17, 15) is 4.79 Å². The Bertz CT molecular complexity index is 592. The lowest BCUT2D eigenvalue weighted by molar-refractivity contribution is 0.0777. The number of H-pyrrole nitrogens is 1. The number of hydrogen-bond donors (Lipinski definition) is 1. The van der Waals surface area contributed by atoms with Crippen molar-refractivity contribution in [1.82, 2.24) is 9.88 Å². The fraction of sp³-hybridized carbons (Fsp3) is 0.267. The summed E-state index contributed by atoms with van der Waals surface area (Å²) in [5.41, 5.74) is 1.65. The maximum absolute atomic E-state index is 12.3. The van der Waals surface area contributed by atoms with Crippen LogP contribution in [0.25, 0.3) is 10.9 Å². The molecule has 1 N–H and O–H groups in total. The van der Waals surface area contributed by atoms with E-state index in [1.54, 1.807) is 4.90 Å². The highest BCUT2D eigenvalue weighted by Gasteiger charge is 2.14. The van der Waals surface area contributed by atoms with Gasteiger partial charge in [-0.1, -0.05) is 18.9 Å². The lowest BCUT2D eigenvalue weighted by Crippen LogP contribution is -2.32. The number of terminal acetylenes is 1. The average molecular weight is 240 g/mol. The van der Waals surface area contributed by atoms with Crippen molar-refractivity contribution in [2.24, 2.45) is 0 Å². The summed E-state index contributed by atoms with van der Waals surface area (Å²) in [5.74, 6) is 2.52. The Balaban J connectivity index is 2.28. The predicted molar refractivity (Wildman–Crippen MR) is 73.3 cm³/mol. The number of carbonyl (C=O) groups excluding carboxylic acids is 1. The van der Waals surface area contributed by atoms with Gasteiger partial charge in [0.25, 0.3) is 5.91 Å². The van der Waals surface area contributed by atoms with Crippen LogP contribution in [0.15, 0.2) is 30.5 Å². The summed E-state index contributed by atoms with van der Waals surface area (Å²) in [6, 6.07) is 7.64. The van der Waals surface area contributed by atoms with E-state index in [2.05, 4.69) is 10.9 Å². The first-order chi connectivity index (χ1) is 8.76. The van der Waals surface area contributed by atoms with Gasteiger partial charge in [0.15, 0.2) is 0 Å². The number of fused-ring (bicyclic) bond motifs is 1. The van der Waals surface area contributed by atoms with E-state index in [0.717, 1.165) is 17.3 Å². The molecule has 1 aromatic carbocycles. The van der Waals surface area contributed by atoms with Gasteiger partial charge >= 0.3 is 0 Å². The van der Waals surface area contributed by atoms with E-state index < -0.39 is 0 Å². The molecule has 0 saturated heterocycles. The number of amides is 1. The second-order valence-electron chi connectivity index (χ2n) is 4.21. The molecular weight excluding hydrogens is 224 g/mol. The van der Waals surface area contributed by atoms with Gasteiger partial charge < -0.3 is 9.88 Å². The normalized spacial score (nSPS) is 10.2. The van der Waals surface area contributed by atoms with Crippen LogP contribution in [-0.2, 0) is 0 Å². The fourth-order valence-corrected chi connectivity index (χ4v) is 2.00. The Morgan fingerprint density at radius 3 is 3.00 bits per heavy atom. The molecule has 1 heterocycles. The second kappa shape index (κ2) is 5.42. The number of aromatic amines is 1. The van der Waals surface area contributed by atoms with Gasteiger partial charge in [-0.25, -0.2) is 0 Å².